The number of pyridine rings is 5. The Balaban J connectivity index is 0.000000182. The first-order valence-corrected chi connectivity index (χ1v) is 30.5. The minimum absolute atomic E-state index is 0. The van der Waals surface area contributed by atoms with Crippen LogP contribution in [0.3, 0.4) is 0 Å². The van der Waals surface area contributed by atoms with Gasteiger partial charge in [-0.2, -0.15) is 12.1 Å². The molecule has 5 heterocycles. The third-order valence-corrected chi connectivity index (χ3v) is 15.7. The summed E-state index contributed by atoms with van der Waals surface area (Å²) in [6.45, 7) is 31.6. The second kappa shape index (κ2) is 35.4. The fourth-order valence-electron chi connectivity index (χ4n) is 10.8. The summed E-state index contributed by atoms with van der Waals surface area (Å²) >= 11 is 0. The Morgan fingerprint density at radius 3 is 1.37 bits per heavy atom. The van der Waals surface area contributed by atoms with Crippen LogP contribution >= 0.6 is 0 Å². The Morgan fingerprint density at radius 1 is 0.337 bits per heavy atom. The molecule has 0 aliphatic heterocycles. The van der Waals surface area contributed by atoms with Crippen molar-refractivity contribution in [2.75, 3.05) is 0 Å². The SMILES string of the molecule is CCc1cc2ccncc2cc1CC.CCc1ccc(CC)c2cnccc12.CCc1ccc(CC)c2ncccc12.CCc1ccnc2c(CC)cccc12.CCc1cncc2c(CC)cccc12.[CH-]=Cc1[c-]cc(CC)cc1CC.[Y]. The van der Waals surface area contributed by atoms with Gasteiger partial charge < -0.3 is 18.2 Å². The predicted molar refractivity (Wildman–Crippen MR) is 355 cm³/mol. The van der Waals surface area contributed by atoms with Crippen LogP contribution in [-0.4, -0.2) is 24.9 Å². The second-order valence-electron chi connectivity index (χ2n) is 20.4. The molecular formula is C77H89N5Y-2. The molecule has 0 fully saturated rings. The van der Waals surface area contributed by atoms with Crippen LogP contribution in [0.2, 0.25) is 0 Å². The van der Waals surface area contributed by atoms with Crippen LogP contribution in [0, 0.1) is 12.6 Å². The van der Waals surface area contributed by atoms with E-state index in [1.165, 1.54) is 121 Å². The molecule has 0 aliphatic carbocycles. The van der Waals surface area contributed by atoms with Gasteiger partial charge in [0.25, 0.3) is 0 Å². The van der Waals surface area contributed by atoms with E-state index in [1.54, 1.807) is 6.08 Å². The second-order valence-corrected chi connectivity index (χ2v) is 20.4. The van der Waals surface area contributed by atoms with Gasteiger partial charge in [0, 0.05) is 109 Å². The molecule has 5 nitrogen and oxygen atoms in total. The fraction of sp³-hybridized carbons (Fsp3) is 0.312. The van der Waals surface area contributed by atoms with Crippen LogP contribution < -0.4 is 0 Å². The molecule has 0 atom stereocenters. The van der Waals surface area contributed by atoms with Gasteiger partial charge in [-0.25, -0.2) is 11.6 Å². The Labute approximate surface area is 523 Å². The van der Waals surface area contributed by atoms with Crippen molar-refractivity contribution in [2.24, 2.45) is 0 Å². The Hall–Kier alpha value is -6.79. The van der Waals surface area contributed by atoms with Gasteiger partial charge in [-0.05, 0) is 166 Å². The first-order chi connectivity index (χ1) is 40.1. The van der Waals surface area contributed by atoms with Gasteiger partial charge >= 0.3 is 0 Å². The van der Waals surface area contributed by atoms with Crippen molar-refractivity contribution < 1.29 is 32.7 Å². The molecule has 0 spiro atoms. The number of hydrogen-bond acceptors (Lipinski definition) is 5. The van der Waals surface area contributed by atoms with Crippen LogP contribution in [0.1, 0.15) is 155 Å². The predicted octanol–water partition coefficient (Wildman–Crippen LogP) is 19.9. The molecular weight excluding hydrogens is 1080 g/mol. The molecule has 0 saturated carbocycles. The van der Waals surface area contributed by atoms with Gasteiger partial charge in [0.2, 0.25) is 0 Å². The summed E-state index contributed by atoms with van der Waals surface area (Å²) in [5.74, 6) is 0. The van der Waals surface area contributed by atoms with Gasteiger partial charge in [-0.3, -0.25) is 24.9 Å². The first-order valence-electron chi connectivity index (χ1n) is 30.5. The van der Waals surface area contributed by atoms with Crippen molar-refractivity contribution >= 4 is 60.2 Å². The molecule has 6 aromatic carbocycles. The van der Waals surface area contributed by atoms with Crippen LogP contribution in [0.25, 0.3) is 60.2 Å². The van der Waals surface area contributed by atoms with Crippen molar-refractivity contribution in [1.29, 1.82) is 0 Å². The molecule has 0 amide bonds. The average molecular weight is 1170 g/mol. The number of benzene rings is 6. The number of aromatic nitrogens is 5. The van der Waals surface area contributed by atoms with Gasteiger partial charge in [0.1, 0.15) is 0 Å². The Bertz CT molecular complexity index is 3320. The van der Waals surface area contributed by atoms with Crippen LogP contribution in [0.4, 0.5) is 0 Å². The third kappa shape index (κ3) is 17.6. The van der Waals surface area contributed by atoms with Gasteiger partial charge in [0.15, 0.2) is 0 Å². The molecule has 83 heavy (non-hydrogen) atoms. The summed E-state index contributed by atoms with van der Waals surface area (Å²) < 4.78 is 0. The summed E-state index contributed by atoms with van der Waals surface area (Å²) in [5.41, 5.74) is 20.0. The van der Waals surface area contributed by atoms with E-state index in [0.717, 1.165) is 82.6 Å². The molecule has 0 N–H and O–H groups in total. The summed E-state index contributed by atoms with van der Waals surface area (Å²) in [7, 11) is 0. The van der Waals surface area contributed by atoms with Gasteiger partial charge in [-0.15, -0.1) is 5.56 Å². The topological polar surface area (TPSA) is 64.5 Å². The third-order valence-electron chi connectivity index (χ3n) is 15.7. The number of hydrogen-bond donors (Lipinski definition) is 0. The monoisotopic (exact) mass is 1170 g/mol. The molecule has 11 rings (SSSR count). The molecule has 11 aromatic rings. The minimum atomic E-state index is 0. The van der Waals surface area contributed by atoms with E-state index in [4.69, 9.17) is 6.58 Å². The van der Waals surface area contributed by atoms with Crippen LogP contribution in [0.5, 0.6) is 0 Å². The molecule has 0 unspecified atom stereocenters. The van der Waals surface area contributed by atoms with Crippen LogP contribution in [-0.2, 0) is 110 Å². The average Bonchev–Trinajstić information content (AvgIpc) is 3.75. The number of nitrogens with zero attached hydrogens (tertiary/aromatic N) is 5. The molecule has 6 heteroatoms. The van der Waals surface area contributed by atoms with Crippen molar-refractivity contribution in [3.8, 4) is 0 Å². The van der Waals surface area contributed by atoms with E-state index < -0.39 is 0 Å². The first kappa shape index (κ1) is 67.0. The van der Waals surface area contributed by atoms with E-state index >= 15 is 0 Å². The van der Waals surface area contributed by atoms with Gasteiger partial charge in [-0.1, -0.05) is 169 Å². The normalized spacial score (nSPS) is 10.5. The van der Waals surface area contributed by atoms with E-state index in [0.29, 0.717) is 0 Å². The standard InChI is InChI=1S/5C13H15N.C12H14.Y/c1-3-10-7-12-5-6-14-9-13(12)8-11(10)4-2;1-3-10-5-6-11(4-2)13-9-14-8-7-12(10)13;1-3-10-7-8-11(4-2)13-12(10)6-5-9-14-13;1-3-10-6-5-7-12-11(4-2)8-14-9-13(10)12;1-3-10-8-9-14-13-11(4-2)6-5-7-12(10)13;1-4-10-7-8-11(5-2)12(6-3)9-10;/h5*5-9H,3-4H2,1-2H3;2,5,7,9H,4,6H2,1,3H3;/q;;;;;-2;. The zero-order valence-electron chi connectivity index (χ0n) is 52.0. The molecule has 0 bridgehead atoms. The molecule has 5 aromatic heterocycles. The molecule has 0 aliphatic rings. The minimum Gasteiger partial charge on any atom is -0.344 e. The van der Waals surface area contributed by atoms with Crippen molar-refractivity contribution in [3.05, 3.63) is 250 Å². The number of rotatable bonds is 13. The maximum absolute atomic E-state index is 5.46. The Morgan fingerprint density at radius 2 is 0.783 bits per heavy atom. The molecule has 0 saturated heterocycles. The maximum atomic E-state index is 5.46. The number of fused-ring (bicyclic) bond motifs is 5. The zero-order chi connectivity index (χ0) is 58.8. The summed E-state index contributed by atoms with van der Waals surface area (Å²) in [4.78, 5) is 21.6. The van der Waals surface area contributed by atoms with E-state index in [1.807, 2.05) is 61.7 Å². The quantitative estimate of drug-likeness (QED) is 0.108. The van der Waals surface area contributed by atoms with Crippen molar-refractivity contribution in [3.63, 3.8) is 0 Å². The van der Waals surface area contributed by atoms with Crippen molar-refractivity contribution in [2.45, 2.75) is 160 Å². The molecule has 1 radical (unpaired) electrons. The van der Waals surface area contributed by atoms with Crippen molar-refractivity contribution in [1.82, 2.24) is 24.9 Å². The summed E-state index contributed by atoms with van der Waals surface area (Å²) in [5, 5.41) is 10.5. The Kier molecular flexibility index (Phi) is 28.6. The zero-order valence-corrected chi connectivity index (χ0v) is 54.9. The van der Waals surface area contributed by atoms with E-state index in [-0.39, 0.29) is 32.7 Å². The fourth-order valence-corrected chi connectivity index (χ4v) is 10.8. The van der Waals surface area contributed by atoms with E-state index in [2.05, 4.69) is 217 Å². The largest absolute Gasteiger partial charge is 0.344 e. The van der Waals surface area contributed by atoms with E-state index in [9.17, 15) is 0 Å². The summed E-state index contributed by atoms with van der Waals surface area (Å²) in [6, 6.07) is 44.3. The maximum Gasteiger partial charge on any atom is 0.0736 e. The van der Waals surface area contributed by atoms with Gasteiger partial charge in [0.05, 0.1) is 11.0 Å². The number of aryl methyl sites for hydroxylation is 12. The smallest absolute Gasteiger partial charge is 0.0736 e. The molecule has 427 valence electrons. The summed E-state index contributed by atoms with van der Waals surface area (Å²) in [6.07, 6.45) is 29.9. The number of para-hydroxylation sites is 1. The van der Waals surface area contributed by atoms with Crippen LogP contribution in [0.15, 0.2) is 165 Å².